The highest BCUT2D eigenvalue weighted by molar-refractivity contribution is 5.94. The lowest BCUT2D eigenvalue weighted by Crippen LogP contribution is -2.47. The first-order valence-electron chi connectivity index (χ1n) is 11.4. The lowest BCUT2D eigenvalue weighted by molar-refractivity contribution is 0.175. The van der Waals surface area contributed by atoms with Crippen LogP contribution in [0, 0.1) is 17.1 Å². The molecule has 3 aromatic carbocycles. The first kappa shape index (κ1) is 22.7. The zero-order chi connectivity index (χ0) is 23.0. The predicted octanol–water partition coefficient (Wildman–Crippen LogP) is 4.21. The van der Waals surface area contributed by atoms with Crippen LogP contribution < -0.4 is 16.0 Å². The zero-order valence-electron chi connectivity index (χ0n) is 18.6. The molecule has 6 nitrogen and oxygen atoms in total. The van der Waals surface area contributed by atoms with Crippen molar-refractivity contribution in [2.45, 2.75) is 25.9 Å². The molecule has 2 amide bonds. The van der Waals surface area contributed by atoms with Crippen molar-refractivity contribution in [2.75, 3.05) is 19.6 Å². The van der Waals surface area contributed by atoms with Crippen LogP contribution in [0.2, 0.25) is 0 Å². The van der Waals surface area contributed by atoms with Crippen LogP contribution in [0.3, 0.4) is 0 Å². The molecular weight excluding hydrogens is 417 g/mol. The van der Waals surface area contributed by atoms with Crippen molar-refractivity contribution >= 4 is 22.8 Å². The summed E-state index contributed by atoms with van der Waals surface area (Å²) in [5, 5.41) is 18.7. The van der Waals surface area contributed by atoms with Crippen LogP contribution in [0.4, 0.5) is 9.18 Å². The van der Waals surface area contributed by atoms with Gasteiger partial charge in [0.1, 0.15) is 5.82 Å². The Hall–Kier alpha value is -3.45. The number of halogens is 1. The maximum absolute atomic E-state index is 13.1. The molecule has 0 unspecified atom stereocenters. The van der Waals surface area contributed by atoms with E-state index in [4.69, 9.17) is 5.41 Å². The van der Waals surface area contributed by atoms with E-state index in [1.807, 2.05) is 36.4 Å². The van der Waals surface area contributed by atoms with Crippen LogP contribution in [0.15, 0.2) is 66.7 Å². The zero-order valence-corrected chi connectivity index (χ0v) is 18.6. The highest BCUT2D eigenvalue weighted by Crippen LogP contribution is 2.19. The highest BCUT2D eigenvalue weighted by Gasteiger charge is 2.20. The monoisotopic (exact) mass is 447 g/mol. The van der Waals surface area contributed by atoms with E-state index in [0.29, 0.717) is 19.0 Å². The van der Waals surface area contributed by atoms with Crippen LogP contribution in [0.25, 0.3) is 10.8 Å². The largest absolute Gasteiger partial charge is 0.352 e. The van der Waals surface area contributed by atoms with Gasteiger partial charge in [0, 0.05) is 19.6 Å². The number of carbonyl (C=O) groups is 1. The van der Waals surface area contributed by atoms with Gasteiger partial charge in [-0.25, -0.2) is 9.18 Å². The number of benzene rings is 3. The molecule has 1 heterocycles. The molecule has 172 valence electrons. The minimum atomic E-state index is -0.362. The van der Waals surface area contributed by atoms with Gasteiger partial charge < -0.3 is 10.6 Å². The predicted molar refractivity (Wildman–Crippen MR) is 129 cm³/mol. The lowest BCUT2D eigenvalue weighted by Gasteiger charge is -2.32. The van der Waals surface area contributed by atoms with E-state index in [1.165, 1.54) is 12.1 Å². The van der Waals surface area contributed by atoms with Crippen molar-refractivity contribution in [3.63, 3.8) is 0 Å². The number of carbonyl (C=O) groups excluding carboxylic acids is 1. The molecule has 1 aliphatic rings. The fraction of sp³-hybridized carbons (Fsp3) is 0.308. The number of amides is 2. The van der Waals surface area contributed by atoms with Gasteiger partial charge in [-0.2, -0.15) is 0 Å². The second-order valence-electron chi connectivity index (χ2n) is 8.55. The molecule has 3 aromatic rings. The number of urea groups is 1. The van der Waals surface area contributed by atoms with E-state index < -0.39 is 0 Å². The van der Waals surface area contributed by atoms with Crippen LogP contribution in [-0.4, -0.2) is 36.5 Å². The molecule has 4 rings (SSSR count). The number of hydrogen-bond acceptors (Lipinski definition) is 3. The SMILES string of the molecule is N=C(NCc1cccc2ccccc12)NC(=O)NCC1CCN(Cc2ccc(F)cc2)CC1. The Morgan fingerprint density at radius 3 is 2.48 bits per heavy atom. The van der Waals surface area contributed by atoms with E-state index >= 15 is 0 Å². The number of nitrogens with one attached hydrogen (secondary N) is 4. The van der Waals surface area contributed by atoms with Gasteiger partial charge in [0.2, 0.25) is 0 Å². The van der Waals surface area contributed by atoms with Gasteiger partial charge in [-0.1, -0.05) is 54.6 Å². The minimum Gasteiger partial charge on any atom is -0.352 e. The van der Waals surface area contributed by atoms with E-state index in [1.54, 1.807) is 0 Å². The second kappa shape index (κ2) is 10.9. The molecule has 0 spiro atoms. The number of hydrogen-bond donors (Lipinski definition) is 4. The molecule has 1 aliphatic heterocycles. The standard InChI is InChI=1S/C26H30FN5O/c27-23-10-8-20(9-11-23)18-32-14-12-19(13-15-32)16-30-26(33)31-25(28)29-17-22-6-3-5-21-4-1-2-7-24(21)22/h1-11,19H,12-18H2,(H4,28,29,30,31,33). The highest BCUT2D eigenvalue weighted by atomic mass is 19.1. The molecular formula is C26H30FN5O. The summed E-state index contributed by atoms with van der Waals surface area (Å²) in [5.74, 6) is 0.186. The van der Waals surface area contributed by atoms with Gasteiger partial charge in [-0.05, 0) is 65.9 Å². The summed E-state index contributed by atoms with van der Waals surface area (Å²) in [7, 11) is 0. The van der Waals surface area contributed by atoms with E-state index in [2.05, 4.69) is 39.0 Å². The number of rotatable bonds is 6. The summed E-state index contributed by atoms with van der Waals surface area (Å²) < 4.78 is 13.1. The van der Waals surface area contributed by atoms with Gasteiger partial charge >= 0.3 is 6.03 Å². The van der Waals surface area contributed by atoms with Gasteiger partial charge in [0.15, 0.2) is 5.96 Å². The van der Waals surface area contributed by atoms with E-state index in [-0.39, 0.29) is 17.8 Å². The van der Waals surface area contributed by atoms with Gasteiger partial charge in [-0.15, -0.1) is 0 Å². The topological polar surface area (TPSA) is 80.2 Å². The molecule has 0 aliphatic carbocycles. The van der Waals surface area contributed by atoms with Crippen LogP contribution in [-0.2, 0) is 13.1 Å². The lowest BCUT2D eigenvalue weighted by atomic mass is 9.96. The Labute approximate surface area is 193 Å². The molecule has 33 heavy (non-hydrogen) atoms. The summed E-state index contributed by atoms with van der Waals surface area (Å²) in [5.41, 5.74) is 2.19. The smallest absolute Gasteiger partial charge is 0.321 e. The Bertz CT molecular complexity index is 1090. The van der Waals surface area contributed by atoms with E-state index in [0.717, 1.165) is 54.4 Å². The Morgan fingerprint density at radius 2 is 1.70 bits per heavy atom. The average Bonchev–Trinajstić information content (AvgIpc) is 2.84. The van der Waals surface area contributed by atoms with Gasteiger partial charge in [-0.3, -0.25) is 15.6 Å². The fourth-order valence-corrected chi connectivity index (χ4v) is 4.27. The number of piperidine rings is 1. The first-order valence-corrected chi connectivity index (χ1v) is 11.4. The van der Waals surface area contributed by atoms with Crippen molar-refractivity contribution in [3.8, 4) is 0 Å². The molecule has 0 radical (unpaired) electrons. The Kier molecular flexibility index (Phi) is 7.52. The molecule has 0 saturated carbocycles. The molecule has 0 aromatic heterocycles. The van der Waals surface area contributed by atoms with Crippen LogP contribution in [0.5, 0.6) is 0 Å². The first-order chi connectivity index (χ1) is 16.1. The summed E-state index contributed by atoms with van der Waals surface area (Å²) in [6.07, 6.45) is 2.00. The summed E-state index contributed by atoms with van der Waals surface area (Å²) in [4.78, 5) is 14.6. The maximum Gasteiger partial charge on any atom is 0.321 e. The Morgan fingerprint density at radius 1 is 0.970 bits per heavy atom. The second-order valence-corrected chi connectivity index (χ2v) is 8.55. The molecule has 7 heteroatoms. The quantitative estimate of drug-likeness (QED) is 0.338. The van der Waals surface area contributed by atoms with Gasteiger partial charge in [0.05, 0.1) is 0 Å². The number of likely N-dealkylation sites (tertiary alicyclic amines) is 1. The molecule has 4 N–H and O–H groups in total. The van der Waals surface area contributed by atoms with Crippen molar-refractivity contribution in [1.29, 1.82) is 5.41 Å². The number of fused-ring (bicyclic) bond motifs is 1. The van der Waals surface area contributed by atoms with Crippen molar-refractivity contribution in [1.82, 2.24) is 20.9 Å². The summed E-state index contributed by atoms with van der Waals surface area (Å²) in [6.45, 7) is 3.78. The van der Waals surface area contributed by atoms with Crippen molar-refractivity contribution < 1.29 is 9.18 Å². The molecule has 0 bridgehead atoms. The molecule has 1 fully saturated rings. The minimum absolute atomic E-state index is 0.0189. The normalized spacial score (nSPS) is 14.7. The summed E-state index contributed by atoms with van der Waals surface area (Å²) in [6, 6.07) is 20.5. The average molecular weight is 448 g/mol. The number of guanidine groups is 1. The fourth-order valence-electron chi connectivity index (χ4n) is 4.27. The molecule has 0 atom stereocenters. The third-order valence-electron chi connectivity index (χ3n) is 6.15. The third-order valence-corrected chi connectivity index (χ3v) is 6.15. The summed E-state index contributed by atoms with van der Waals surface area (Å²) >= 11 is 0. The third kappa shape index (κ3) is 6.52. The van der Waals surface area contributed by atoms with Crippen molar-refractivity contribution in [3.05, 3.63) is 83.7 Å². The van der Waals surface area contributed by atoms with Crippen LogP contribution >= 0.6 is 0 Å². The Balaban J connectivity index is 1.14. The van der Waals surface area contributed by atoms with Crippen molar-refractivity contribution in [2.24, 2.45) is 5.92 Å². The maximum atomic E-state index is 13.1. The molecule has 1 saturated heterocycles. The number of nitrogens with zero attached hydrogens (tertiary/aromatic N) is 1. The van der Waals surface area contributed by atoms with E-state index in [9.17, 15) is 9.18 Å². The van der Waals surface area contributed by atoms with Crippen LogP contribution in [0.1, 0.15) is 24.0 Å². The van der Waals surface area contributed by atoms with Gasteiger partial charge in [0.25, 0.3) is 0 Å².